The number of nitrogens with zero attached hydrogens (tertiary/aromatic N) is 1. The number of para-hydroxylation sites is 1. The van der Waals surface area contributed by atoms with Crippen LogP contribution >= 0.6 is 0 Å². The van der Waals surface area contributed by atoms with Crippen molar-refractivity contribution >= 4 is 16.7 Å². The third kappa shape index (κ3) is 1.48. The number of furan rings is 1. The number of aryl methyl sites for hydroxylation is 2. The molecule has 2 aromatic rings. The molecule has 2 aliphatic rings. The second kappa shape index (κ2) is 4.04. The molecule has 94 valence electrons. The molecule has 1 aromatic carbocycles. The van der Waals surface area contributed by atoms with Gasteiger partial charge in [0, 0.05) is 30.5 Å². The molecule has 18 heavy (non-hydrogen) atoms. The van der Waals surface area contributed by atoms with Crippen molar-refractivity contribution in [1.29, 1.82) is 0 Å². The van der Waals surface area contributed by atoms with E-state index >= 15 is 0 Å². The molecule has 2 nitrogen and oxygen atoms in total. The Labute approximate surface area is 108 Å². The fraction of sp³-hybridized carbons (Fsp3) is 0.500. The summed E-state index contributed by atoms with van der Waals surface area (Å²) in [5.41, 5.74) is 3.95. The summed E-state index contributed by atoms with van der Waals surface area (Å²) in [6.45, 7) is 2.37. The number of hydrogen-bond donors (Lipinski definition) is 0. The highest BCUT2D eigenvalue weighted by molar-refractivity contribution is 5.93. The molecule has 0 radical (unpaired) electrons. The maximum atomic E-state index is 6.19. The van der Waals surface area contributed by atoms with E-state index in [2.05, 4.69) is 23.1 Å². The second-order valence-corrected chi connectivity index (χ2v) is 5.56. The third-order valence-electron chi connectivity index (χ3n) is 4.41. The molecule has 0 spiro atoms. The summed E-state index contributed by atoms with van der Waals surface area (Å²) < 4.78 is 6.19. The van der Waals surface area contributed by atoms with Gasteiger partial charge in [0.1, 0.15) is 5.76 Å². The van der Waals surface area contributed by atoms with Gasteiger partial charge in [0.15, 0.2) is 5.58 Å². The minimum atomic E-state index is 1.13. The maximum absolute atomic E-state index is 6.19. The fourth-order valence-corrected chi connectivity index (χ4v) is 3.48. The van der Waals surface area contributed by atoms with Crippen LogP contribution in [0.5, 0.6) is 0 Å². The minimum absolute atomic E-state index is 1.13. The van der Waals surface area contributed by atoms with Crippen molar-refractivity contribution in [3.63, 3.8) is 0 Å². The summed E-state index contributed by atoms with van der Waals surface area (Å²) >= 11 is 0. The molecule has 1 aliphatic carbocycles. The van der Waals surface area contributed by atoms with E-state index in [4.69, 9.17) is 4.42 Å². The van der Waals surface area contributed by atoms with Gasteiger partial charge in [-0.2, -0.15) is 0 Å². The van der Waals surface area contributed by atoms with E-state index in [1.54, 1.807) is 0 Å². The molecule has 1 aliphatic heterocycles. The summed E-state index contributed by atoms with van der Waals surface area (Å²) in [6, 6.07) is 6.66. The van der Waals surface area contributed by atoms with Crippen molar-refractivity contribution in [3.05, 3.63) is 29.5 Å². The van der Waals surface area contributed by atoms with E-state index in [9.17, 15) is 0 Å². The zero-order valence-corrected chi connectivity index (χ0v) is 10.7. The Kier molecular flexibility index (Phi) is 2.35. The van der Waals surface area contributed by atoms with Crippen molar-refractivity contribution in [1.82, 2.24) is 0 Å². The minimum Gasteiger partial charge on any atom is -0.459 e. The van der Waals surface area contributed by atoms with Gasteiger partial charge in [-0.15, -0.1) is 0 Å². The first-order valence-electron chi connectivity index (χ1n) is 7.22. The lowest BCUT2D eigenvalue weighted by Crippen LogP contribution is -2.17. The zero-order valence-electron chi connectivity index (χ0n) is 10.7. The van der Waals surface area contributed by atoms with Crippen molar-refractivity contribution in [2.75, 3.05) is 18.0 Å². The Balaban J connectivity index is 1.90. The molecule has 2 heteroatoms. The molecule has 1 saturated heterocycles. The highest BCUT2D eigenvalue weighted by atomic mass is 16.3. The van der Waals surface area contributed by atoms with Gasteiger partial charge in [-0.05, 0) is 38.2 Å². The van der Waals surface area contributed by atoms with E-state index in [1.165, 1.54) is 67.6 Å². The maximum Gasteiger partial charge on any atom is 0.157 e. The Morgan fingerprint density at radius 3 is 2.67 bits per heavy atom. The second-order valence-electron chi connectivity index (χ2n) is 5.56. The Bertz CT molecular complexity index is 578. The summed E-state index contributed by atoms with van der Waals surface area (Å²) in [7, 11) is 0. The quantitative estimate of drug-likeness (QED) is 0.752. The molecular formula is C16H19NO. The lowest BCUT2D eigenvalue weighted by Gasteiger charge is -2.17. The van der Waals surface area contributed by atoms with Crippen LogP contribution in [0.1, 0.15) is 37.0 Å². The van der Waals surface area contributed by atoms with Gasteiger partial charge in [0.05, 0.1) is 5.69 Å². The first-order valence-corrected chi connectivity index (χ1v) is 7.22. The molecule has 0 amide bonds. The average Bonchev–Trinajstić information content (AvgIpc) is 3.05. The first-order chi connectivity index (χ1) is 8.93. The van der Waals surface area contributed by atoms with Crippen molar-refractivity contribution in [2.45, 2.75) is 38.5 Å². The van der Waals surface area contributed by atoms with Gasteiger partial charge < -0.3 is 9.32 Å². The summed E-state index contributed by atoms with van der Waals surface area (Å²) in [4.78, 5) is 2.48. The van der Waals surface area contributed by atoms with Crippen LogP contribution in [0.2, 0.25) is 0 Å². The third-order valence-corrected chi connectivity index (χ3v) is 4.41. The molecule has 1 fully saturated rings. The van der Waals surface area contributed by atoms with Crippen LogP contribution in [-0.4, -0.2) is 13.1 Å². The molecule has 0 unspecified atom stereocenters. The summed E-state index contributed by atoms with van der Waals surface area (Å²) in [5.74, 6) is 1.25. The largest absolute Gasteiger partial charge is 0.459 e. The Morgan fingerprint density at radius 2 is 1.78 bits per heavy atom. The molecule has 0 bridgehead atoms. The van der Waals surface area contributed by atoms with Crippen molar-refractivity contribution in [2.24, 2.45) is 0 Å². The van der Waals surface area contributed by atoms with E-state index in [-0.39, 0.29) is 0 Å². The predicted molar refractivity (Wildman–Crippen MR) is 74.3 cm³/mol. The van der Waals surface area contributed by atoms with Crippen LogP contribution in [0.3, 0.4) is 0 Å². The molecule has 0 N–H and O–H groups in total. The summed E-state index contributed by atoms with van der Waals surface area (Å²) in [6.07, 6.45) is 7.56. The van der Waals surface area contributed by atoms with E-state index in [0.717, 1.165) is 12.0 Å². The number of hydrogen-bond acceptors (Lipinski definition) is 2. The van der Waals surface area contributed by atoms with Crippen LogP contribution in [0.15, 0.2) is 22.6 Å². The van der Waals surface area contributed by atoms with E-state index in [1.807, 2.05) is 0 Å². The standard InChI is InChI=1S/C16H19NO/c1-2-9-15-12(6-1)13-7-5-8-14(16(13)18-15)17-10-3-4-11-17/h5,7-8H,1-4,6,9-11H2. The smallest absolute Gasteiger partial charge is 0.157 e. The predicted octanol–water partition coefficient (Wildman–Crippen LogP) is 3.91. The highest BCUT2D eigenvalue weighted by Gasteiger charge is 2.22. The molecule has 2 heterocycles. The molecule has 4 rings (SSSR count). The van der Waals surface area contributed by atoms with E-state index < -0.39 is 0 Å². The van der Waals surface area contributed by atoms with Gasteiger partial charge in [-0.1, -0.05) is 12.1 Å². The Morgan fingerprint density at radius 1 is 0.944 bits per heavy atom. The lowest BCUT2D eigenvalue weighted by atomic mass is 9.96. The lowest BCUT2D eigenvalue weighted by molar-refractivity contribution is 0.506. The normalized spacial score (nSPS) is 19.4. The van der Waals surface area contributed by atoms with Crippen LogP contribution in [-0.2, 0) is 12.8 Å². The van der Waals surface area contributed by atoms with Crippen molar-refractivity contribution < 1.29 is 4.42 Å². The van der Waals surface area contributed by atoms with Crippen molar-refractivity contribution in [3.8, 4) is 0 Å². The van der Waals surface area contributed by atoms with Gasteiger partial charge in [0.25, 0.3) is 0 Å². The molecular weight excluding hydrogens is 222 g/mol. The fourth-order valence-electron chi connectivity index (χ4n) is 3.48. The van der Waals surface area contributed by atoms with Crippen LogP contribution in [0.4, 0.5) is 5.69 Å². The molecule has 1 aromatic heterocycles. The van der Waals surface area contributed by atoms with Crippen LogP contribution < -0.4 is 4.90 Å². The SMILES string of the molecule is c1cc(N2CCCC2)c2oc3c(c2c1)CCCC3. The average molecular weight is 241 g/mol. The van der Waals surface area contributed by atoms with Crippen LogP contribution in [0.25, 0.3) is 11.0 Å². The van der Waals surface area contributed by atoms with Gasteiger partial charge in [-0.3, -0.25) is 0 Å². The highest BCUT2D eigenvalue weighted by Crippen LogP contribution is 2.37. The molecule has 0 atom stereocenters. The molecule has 0 saturated carbocycles. The zero-order chi connectivity index (χ0) is 11.9. The van der Waals surface area contributed by atoms with Crippen LogP contribution in [0, 0.1) is 0 Å². The Hall–Kier alpha value is -1.44. The van der Waals surface area contributed by atoms with E-state index in [0.29, 0.717) is 0 Å². The van der Waals surface area contributed by atoms with Gasteiger partial charge >= 0.3 is 0 Å². The van der Waals surface area contributed by atoms with Gasteiger partial charge in [-0.25, -0.2) is 0 Å². The number of anilines is 1. The summed E-state index contributed by atoms with van der Waals surface area (Å²) in [5, 5.41) is 1.37. The topological polar surface area (TPSA) is 16.4 Å². The monoisotopic (exact) mass is 241 g/mol. The number of fused-ring (bicyclic) bond motifs is 3. The number of rotatable bonds is 1. The number of benzene rings is 1. The first kappa shape index (κ1) is 10.5. The van der Waals surface area contributed by atoms with Gasteiger partial charge in [0.2, 0.25) is 0 Å².